The van der Waals surface area contributed by atoms with E-state index in [2.05, 4.69) is 5.18 Å². The van der Waals surface area contributed by atoms with Crippen molar-refractivity contribution in [2.45, 2.75) is 82.3 Å². The van der Waals surface area contributed by atoms with Crippen LogP contribution in [0.15, 0.2) is 17.3 Å². The number of hydrogen-bond donors (Lipinski definition) is 3. The van der Waals surface area contributed by atoms with Crippen molar-refractivity contribution in [1.82, 2.24) is 0 Å². The number of ether oxygens (including phenoxy) is 1. The van der Waals surface area contributed by atoms with Gasteiger partial charge < -0.3 is 20.7 Å². The molecule has 2 fully saturated rings. The van der Waals surface area contributed by atoms with Crippen LogP contribution in [0.1, 0.15) is 75.7 Å². The fraction of sp³-hybridized carbons (Fsp3) is 0.714. The first kappa shape index (κ1) is 20.1. The van der Waals surface area contributed by atoms with Crippen molar-refractivity contribution in [3.05, 3.63) is 22.6 Å². The van der Waals surface area contributed by atoms with E-state index in [0.717, 1.165) is 75.9 Å². The Morgan fingerprint density at radius 2 is 1.78 bits per heavy atom. The maximum absolute atomic E-state index is 10.7. The number of nitrogen functional groups attached to an aromatic ring is 1. The summed E-state index contributed by atoms with van der Waals surface area (Å²) in [6.07, 6.45) is 10.7. The van der Waals surface area contributed by atoms with Crippen molar-refractivity contribution >= 4 is 11.4 Å². The van der Waals surface area contributed by atoms with Gasteiger partial charge in [0.25, 0.3) is 0 Å². The number of phenols is 1. The molecule has 2 aliphatic carbocycles. The second-order valence-corrected chi connectivity index (χ2v) is 8.19. The zero-order valence-corrected chi connectivity index (χ0v) is 16.0. The van der Waals surface area contributed by atoms with Gasteiger partial charge in [-0.1, -0.05) is 6.07 Å². The highest BCUT2D eigenvalue weighted by atomic mass is 16.5. The molecule has 1 aromatic rings. The van der Waals surface area contributed by atoms with E-state index in [4.69, 9.17) is 10.5 Å². The number of hydrogen-bond acceptors (Lipinski definition) is 6. The van der Waals surface area contributed by atoms with Gasteiger partial charge in [-0.15, -0.1) is 4.91 Å². The van der Waals surface area contributed by atoms with Crippen LogP contribution in [0.3, 0.4) is 0 Å². The number of nitrogens with two attached hydrogens (primary N) is 1. The second-order valence-electron chi connectivity index (χ2n) is 8.19. The third kappa shape index (κ3) is 5.20. The molecule has 6 nitrogen and oxygen atoms in total. The summed E-state index contributed by atoms with van der Waals surface area (Å²) < 4.78 is 5.97. The third-order valence-electron chi connectivity index (χ3n) is 6.37. The van der Waals surface area contributed by atoms with Crippen molar-refractivity contribution < 1.29 is 14.9 Å². The van der Waals surface area contributed by atoms with E-state index in [-0.39, 0.29) is 17.5 Å². The predicted octanol–water partition coefficient (Wildman–Crippen LogP) is 4.75. The minimum Gasteiger partial charge on any atom is -0.504 e. The zero-order chi connectivity index (χ0) is 19.2. The molecule has 27 heavy (non-hydrogen) atoms. The van der Waals surface area contributed by atoms with Gasteiger partial charge in [-0.05, 0) is 92.9 Å². The molecule has 150 valence electrons. The quantitative estimate of drug-likeness (QED) is 0.276. The summed E-state index contributed by atoms with van der Waals surface area (Å²) in [6, 6.07) is 3.40. The topological polar surface area (TPSA) is 105 Å². The number of anilines is 1. The number of benzene rings is 1. The number of rotatable bonds is 7. The van der Waals surface area contributed by atoms with Crippen LogP contribution in [0.2, 0.25) is 0 Å². The van der Waals surface area contributed by atoms with E-state index in [1.54, 1.807) is 6.07 Å². The van der Waals surface area contributed by atoms with Crippen LogP contribution in [0.5, 0.6) is 5.75 Å². The highest BCUT2D eigenvalue weighted by Crippen LogP contribution is 2.44. The maximum atomic E-state index is 10.7. The number of nitroso groups, excluding NO2 is 1. The van der Waals surface area contributed by atoms with E-state index < -0.39 is 0 Å². The predicted molar refractivity (Wildman–Crippen MR) is 106 cm³/mol. The lowest BCUT2D eigenvalue weighted by Gasteiger charge is -2.30. The molecule has 0 atom stereocenters. The van der Waals surface area contributed by atoms with E-state index in [0.29, 0.717) is 17.7 Å². The van der Waals surface area contributed by atoms with Crippen molar-refractivity contribution in [1.29, 1.82) is 0 Å². The molecular formula is C21H32N2O4. The summed E-state index contributed by atoms with van der Waals surface area (Å²) in [5.74, 6) is 0.888. The lowest BCUT2D eigenvalue weighted by atomic mass is 9.76. The minimum absolute atomic E-state index is 0.0115. The third-order valence-corrected chi connectivity index (χ3v) is 6.37. The van der Waals surface area contributed by atoms with Gasteiger partial charge in [-0.25, -0.2) is 0 Å². The second kappa shape index (κ2) is 9.51. The molecule has 0 aliphatic heterocycles. The highest BCUT2D eigenvalue weighted by molar-refractivity contribution is 5.70. The zero-order valence-electron chi connectivity index (χ0n) is 16.0. The van der Waals surface area contributed by atoms with Gasteiger partial charge in [-0.2, -0.15) is 0 Å². The molecule has 0 saturated heterocycles. The number of nitrogens with zero attached hydrogens (tertiary/aromatic N) is 1. The summed E-state index contributed by atoms with van der Waals surface area (Å²) >= 11 is 0. The van der Waals surface area contributed by atoms with Crippen LogP contribution in [0.4, 0.5) is 11.4 Å². The first-order valence-electron chi connectivity index (χ1n) is 10.3. The van der Waals surface area contributed by atoms with Gasteiger partial charge in [0.2, 0.25) is 0 Å². The monoisotopic (exact) mass is 376 g/mol. The summed E-state index contributed by atoms with van der Waals surface area (Å²) in [5, 5.41) is 22.3. The van der Waals surface area contributed by atoms with Crippen molar-refractivity contribution in [2.75, 3.05) is 12.3 Å². The standard InChI is InChI=1S/C21H32N2O4/c22-20-18(11-12-19(23-26)21(20)25)15-5-3-14(4-6-15)2-1-13-27-17-9-7-16(24)8-10-17/h11-12,14-17,24-25H,1-10,13,22H2. The number of aromatic hydroxyl groups is 1. The Labute approximate surface area is 161 Å². The summed E-state index contributed by atoms with van der Waals surface area (Å²) in [7, 11) is 0. The van der Waals surface area contributed by atoms with Gasteiger partial charge in [0, 0.05) is 6.61 Å². The molecule has 2 saturated carbocycles. The van der Waals surface area contributed by atoms with Crippen LogP contribution in [0.25, 0.3) is 0 Å². The fourth-order valence-corrected chi connectivity index (χ4v) is 4.64. The normalized spacial score (nSPS) is 28.8. The molecule has 6 heteroatoms. The molecule has 1 aromatic carbocycles. The Morgan fingerprint density at radius 3 is 2.44 bits per heavy atom. The molecule has 0 bridgehead atoms. The summed E-state index contributed by atoms with van der Waals surface area (Å²) in [5.41, 5.74) is 7.29. The first-order chi connectivity index (χ1) is 13.1. The molecule has 0 amide bonds. The molecule has 0 heterocycles. The van der Waals surface area contributed by atoms with E-state index in [9.17, 15) is 15.1 Å². The molecule has 0 spiro atoms. The Balaban J connectivity index is 1.38. The Morgan fingerprint density at radius 1 is 1.07 bits per heavy atom. The number of aliphatic hydroxyl groups excluding tert-OH is 1. The largest absolute Gasteiger partial charge is 0.504 e. The van der Waals surface area contributed by atoms with E-state index in [1.807, 2.05) is 6.07 Å². The van der Waals surface area contributed by atoms with Crippen LogP contribution in [-0.4, -0.2) is 29.0 Å². The van der Waals surface area contributed by atoms with Crippen LogP contribution in [0, 0.1) is 10.8 Å². The van der Waals surface area contributed by atoms with Gasteiger partial charge in [0.15, 0.2) is 11.4 Å². The highest BCUT2D eigenvalue weighted by Gasteiger charge is 2.25. The smallest absolute Gasteiger partial charge is 0.168 e. The molecule has 0 radical (unpaired) electrons. The Bertz CT molecular complexity index is 621. The van der Waals surface area contributed by atoms with E-state index in [1.165, 1.54) is 6.42 Å². The minimum atomic E-state index is -0.183. The maximum Gasteiger partial charge on any atom is 0.168 e. The van der Waals surface area contributed by atoms with Crippen LogP contribution in [-0.2, 0) is 4.74 Å². The van der Waals surface area contributed by atoms with Crippen molar-refractivity contribution in [2.24, 2.45) is 11.1 Å². The van der Waals surface area contributed by atoms with Gasteiger partial charge in [-0.3, -0.25) is 0 Å². The average molecular weight is 376 g/mol. The van der Waals surface area contributed by atoms with E-state index >= 15 is 0 Å². The molecule has 2 aliphatic rings. The van der Waals surface area contributed by atoms with Gasteiger partial charge in [0.05, 0.1) is 17.9 Å². The molecule has 4 N–H and O–H groups in total. The number of phenolic OH excluding ortho intramolecular Hbond substituents is 1. The summed E-state index contributed by atoms with van der Waals surface area (Å²) in [6.45, 7) is 0.821. The molecular weight excluding hydrogens is 344 g/mol. The fourth-order valence-electron chi connectivity index (χ4n) is 4.64. The lowest BCUT2D eigenvalue weighted by Crippen LogP contribution is -2.24. The average Bonchev–Trinajstić information content (AvgIpc) is 2.69. The molecule has 0 unspecified atom stereocenters. The molecule has 3 rings (SSSR count). The first-order valence-corrected chi connectivity index (χ1v) is 10.3. The Hall–Kier alpha value is -1.66. The lowest BCUT2D eigenvalue weighted by molar-refractivity contribution is -0.00567. The van der Waals surface area contributed by atoms with Crippen molar-refractivity contribution in [3.8, 4) is 5.75 Å². The van der Waals surface area contributed by atoms with Crippen LogP contribution >= 0.6 is 0 Å². The number of aliphatic hydroxyl groups is 1. The summed E-state index contributed by atoms with van der Waals surface area (Å²) in [4.78, 5) is 10.7. The van der Waals surface area contributed by atoms with Gasteiger partial charge in [0.1, 0.15) is 0 Å². The SMILES string of the molecule is Nc1c(C2CCC(CCCOC3CCC(O)CC3)CC2)ccc(N=O)c1O. The Kier molecular flexibility index (Phi) is 7.07. The molecule has 0 aromatic heterocycles. The van der Waals surface area contributed by atoms with Crippen LogP contribution < -0.4 is 5.73 Å². The van der Waals surface area contributed by atoms with Crippen molar-refractivity contribution in [3.63, 3.8) is 0 Å². The van der Waals surface area contributed by atoms with Gasteiger partial charge >= 0.3 is 0 Å².